The minimum atomic E-state index is -0.328. The molecule has 0 spiro atoms. The highest BCUT2D eigenvalue weighted by atomic mass is 16.5. The average molecular weight is 344 g/mol. The molecule has 2 rings (SSSR count). The first-order valence-corrected chi connectivity index (χ1v) is 7.51. The Morgan fingerprint density at radius 2 is 1.80 bits per heavy atom. The summed E-state index contributed by atoms with van der Waals surface area (Å²) in [6, 6.07) is 9.29. The number of phenolic OH excluding ortho intramolecular Hbond substituents is 2. The Labute approximate surface area is 145 Å². The number of methoxy groups -OCH3 is 2. The largest absolute Gasteiger partial charge is 0.508 e. The first-order chi connectivity index (χ1) is 11.9. The van der Waals surface area contributed by atoms with Crippen LogP contribution in [0.25, 0.3) is 0 Å². The fourth-order valence-corrected chi connectivity index (χ4v) is 2.24. The summed E-state index contributed by atoms with van der Waals surface area (Å²) in [5, 5.41) is 23.2. The van der Waals surface area contributed by atoms with Crippen LogP contribution in [0.1, 0.15) is 18.1 Å². The summed E-state index contributed by atoms with van der Waals surface area (Å²) in [4.78, 5) is 12.1. The van der Waals surface area contributed by atoms with Gasteiger partial charge in [-0.15, -0.1) is 0 Å². The molecule has 2 aromatic carbocycles. The molecular weight excluding hydrogens is 324 g/mol. The second-order valence-corrected chi connectivity index (χ2v) is 5.30. The van der Waals surface area contributed by atoms with Gasteiger partial charge in [-0.05, 0) is 42.8 Å². The number of phenols is 2. The van der Waals surface area contributed by atoms with Gasteiger partial charge in [0.25, 0.3) is 0 Å². The Hall–Kier alpha value is -3.22. The minimum Gasteiger partial charge on any atom is -0.508 e. The first-order valence-electron chi connectivity index (χ1n) is 7.51. The lowest BCUT2D eigenvalue weighted by molar-refractivity contribution is -0.120. The Kier molecular flexibility index (Phi) is 5.84. The summed E-state index contributed by atoms with van der Waals surface area (Å²) in [6.07, 6.45) is 0.100. The second kappa shape index (κ2) is 8.05. The SMILES string of the molecule is COc1ccc(CC(=O)N/N=C(/C)c2cc(O)ccc2O)cc1OC. The molecule has 0 fully saturated rings. The third-order valence-corrected chi connectivity index (χ3v) is 3.53. The van der Waals surface area contributed by atoms with Crippen molar-refractivity contribution in [3.63, 3.8) is 0 Å². The van der Waals surface area contributed by atoms with Gasteiger partial charge in [0.05, 0.1) is 26.4 Å². The van der Waals surface area contributed by atoms with Gasteiger partial charge in [0.1, 0.15) is 11.5 Å². The fraction of sp³-hybridized carbons (Fsp3) is 0.222. The van der Waals surface area contributed by atoms with Crippen molar-refractivity contribution in [2.75, 3.05) is 14.2 Å². The van der Waals surface area contributed by atoms with E-state index in [2.05, 4.69) is 10.5 Å². The van der Waals surface area contributed by atoms with Crippen molar-refractivity contribution in [2.45, 2.75) is 13.3 Å². The van der Waals surface area contributed by atoms with E-state index in [1.54, 1.807) is 32.2 Å². The highest BCUT2D eigenvalue weighted by Crippen LogP contribution is 2.27. The standard InChI is InChI=1S/C18H20N2O5/c1-11(14-10-13(21)5-6-15(14)22)19-20-18(23)9-12-4-7-16(24-2)17(8-12)25-3/h4-8,10,21-22H,9H2,1-3H3,(H,20,23)/b19-11-. The summed E-state index contributed by atoms with van der Waals surface area (Å²) >= 11 is 0. The number of aromatic hydroxyl groups is 2. The maximum absolute atomic E-state index is 12.1. The topological polar surface area (TPSA) is 100 Å². The zero-order valence-corrected chi connectivity index (χ0v) is 14.2. The second-order valence-electron chi connectivity index (χ2n) is 5.30. The molecule has 0 radical (unpaired) electrons. The Morgan fingerprint density at radius 3 is 2.48 bits per heavy atom. The summed E-state index contributed by atoms with van der Waals surface area (Å²) < 4.78 is 10.4. The molecule has 1 amide bonds. The van der Waals surface area contributed by atoms with Crippen molar-refractivity contribution >= 4 is 11.6 Å². The molecule has 0 aliphatic carbocycles. The van der Waals surface area contributed by atoms with Gasteiger partial charge >= 0.3 is 0 Å². The molecule has 25 heavy (non-hydrogen) atoms. The van der Waals surface area contributed by atoms with Crippen LogP contribution >= 0.6 is 0 Å². The molecule has 0 saturated carbocycles. The lowest BCUT2D eigenvalue weighted by Crippen LogP contribution is -2.21. The van der Waals surface area contributed by atoms with Gasteiger partial charge in [-0.25, -0.2) is 5.43 Å². The van der Waals surface area contributed by atoms with Crippen LogP contribution in [0.15, 0.2) is 41.5 Å². The fourth-order valence-electron chi connectivity index (χ4n) is 2.24. The van der Waals surface area contributed by atoms with E-state index in [9.17, 15) is 15.0 Å². The Morgan fingerprint density at radius 1 is 1.08 bits per heavy atom. The molecule has 0 bridgehead atoms. The van der Waals surface area contributed by atoms with Crippen molar-refractivity contribution in [1.82, 2.24) is 5.43 Å². The molecule has 7 heteroatoms. The third kappa shape index (κ3) is 4.63. The number of benzene rings is 2. The predicted molar refractivity (Wildman–Crippen MR) is 93.4 cm³/mol. The lowest BCUT2D eigenvalue weighted by atomic mass is 10.1. The first kappa shape index (κ1) is 18.1. The molecule has 0 aliphatic rings. The van der Waals surface area contributed by atoms with Crippen molar-refractivity contribution in [2.24, 2.45) is 5.10 Å². The average Bonchev–Trinajstić information content (AvgIpc) is 2.61. The van der Waals surface area contributed by atoms with E-state index in [1.807, 2.05) is 0 Å². The lowest BCUT2D eigenvalue weighted by Gasteiger charge is -2.09. The highest BCUT2D eigenvalue weighted by molar-refractivity contribution is 6.01. The number of nitrogens with zero attached hydrogens (tertiary/aromatic N) is 1. The molecule has 0 saturated heterocycles. The van der Waals surface area contributed by atoms with Crippen LogP contribution < -0.4 is 14.9 Å². The van der Waals surface area contributed by atoms with E-state index >= 15 is 0 Å². The minimum absolute atomic E-state index is 0.000922. The van der Waals surface area contributed by atoms with E-state index in [0.29, 0.717) is 22.8 Å². The monoisotopic (exact) mass is 344 g/mol. The summed E-state index contributed by atoms with van der Waals surface area (Å²) in [7, 11) is 3.07. The van der Waals surface area contributed by atoms with Crippen LogP contribution in [0.4, 0.5) is 0 Å². The van der Waals surface area contributed by atoms with Crippen LogP contribution in [0.5, 0.6) is 23.0 Å². The van der Waals surface area contributed by atoms with Gasteiger partial charge < -0.3 is 19.7 Å². The molecule has 2 aromatic rings. The quantitative estimate of drug-likeness (QED) is 0.424. The van der Waals surface area contributed by atoms with Gasteiger partial charge in [0.15, 0.2) is 11.5 Å². The number of carbonyl (C=O) groups is 1. The Balaban J connectivity index is 2.06. The van der Waals surface area contributed by atoms with Gasteiger partial charge in [-0.3, -0.25) is 4.79 Å². The smallest absolute Gasteiger partial charge is 0.244 e. The van der Waals surface area contributed by atoms with Gasteiger partial charge in [0.2, 0.25) is 5.91 Å². The van der Waals surface area contributed by atoms with Crippen LogP contribution in [0.3, 0.4) is 0 Å². The molecule has 7 nitrogen and oxygen atoms in total. The zero-order chi connectivity index (χ0) is 18.4. The van der Waals surface area contributed by atoms with Gasteiger partial charge in [0, 0.05) is 5.56 Å². The van der Waals surface area contributed by atoms with Crippen LogP contribution in [-0.2, 0) is 11.2 Å². The molecule has 0 heterocycles. The predicted octanol–water partition coefficient (Wildman–Crippen LogP) is 2.20. The van der Waals surface area contributed by atoms with Crippen molar-refractivity contribution in [3.05, 3.63) is 47.5 Å². The summed E-state index contributed by atoms with van der Waals surface area (Å²) in [5.74, 6) is 0.760. The maximum Gasteiger partial charge on any atom is 0.244 e. The molecule has 132 valence electrons. The third-order valence-electron chi connectivity index (χ3n) is 3.53. The molecular formula is C18H20N2O5. The number of nitrogens with one attached hydrogen (secondary N) is 1. The molecule has 3 N–H and O–H groups in total. The number of hydrogen-bond acceptors (Lipinski definition) is 6. The van der Waals surface area contributed by atoms with Crippen LogP contribution in [0.2, 0.25) is 0 Å². The van der Waals surface area contributed by atoms with E-state index in [1.165, 1.54) is 25.3 Å². The zero-order valence-electron chi connectivity index (χ0n) is 14.2. The number of ether oxygens (including phenoxy) is 2. The molecule has 0 atom stereocenters. The number of rotatable bonds is 6. The number of carbonyl (C=O) groups excluding carboxylic acids is 1. The molecule has 0 unspecified atom stereocenters. The molecule has 0 aromatic heterocycles. The van der Waals surface area contributed by atoms with Crippen molar-refractivity contribution < 1.29 is 24.5 Å². The summed E-state index contributed by atoms with van der Waals surface area (Å²) in [6.45, 7) is 1.62. The van der Waals surface area contributed by atoms with Crippen LogP contribution in [-0.4, -0.2) is 36.1 Å². The molecule has 0 aliphatic heterocycles. The van der Waals surface area contributed by atoms with E-state index < -0.39 is 0 Å². The number of hydrazone groups is 1. The van der Waals surface area contributed by atoms with E-state index in [-0.39, 0.29) is 23.8 Å². The summed E-state index contributed by atoms with van der Waals surface area (Å²) in [5.41, 5.74) is 3.87. The van der Waals surface area contributed by atoms with E-state index in [4.69, 9.17) is 9.47 Å². The van der Waals surface area contributed by atoms with Crippen molar-refractivity contribution in [1.29, 1.82) is 0 Å². The normalized spacial score (nSPS) is 11.1. The highest BCUT2D eigenvalue weighted by Gasteiger charge is 2.09. The Bertz CT molecular complexity index is 802. The number of hydrogen-bond donors (Lipinski definition) is 3. The van der Waals surface area contributed by atoms with Crippen molar-refractivity contribution in [3.8, 4) is 23.0 Å². The maximum atomic E-state index is 12.1. The van der Waals surface area contributed by atoms with Gasteiger partial charge in [-0.1, -0.05) is 6.07 Å². The number of amides is 1. The van der Waals surface area contributed by atoms with Crippen LogP contribution in [0, 0.1) is 0 Å². The van der Waals surface area contributed by atoms with E-state index in [0.717, 1.165) is 5.56 Å². The van der Waals surface area contributed by atoms with Gasteiger partial charge in [-0.2, -0.15) is 5.10 Å².